The van der Waals surface area contributed by atoms with Crippen molar-refractivity contribution in [2.24, 2.45) is 11.5 Å². The molecule has 0 aliphatic rings. The minimum atomic E-state index is -0.638. The van der Waals surface area contributed by atoms with Gasteiger partial charge in [0.2, 0.25) is 0 Å². The fraction of sp³-hybridized carbons (Fsp3) is 0.800. The van der Waals surface area contributed by atoms with E-state index in [1.807, 2.05) is 0 Å². The summed E-state index contributed by atoms with van der Waals surface area (Å²) in [6.07, 6.45) is 2.56. The predicted molar refractivity (Wildman–Crippen MR) is 57.1 cm³/mol. The highest BCUT2D eigenvalue weighted by Gasteiger charge is 2.15. The van der Waals surface area contributed by atoms with Gasteiger partial charge in [0.05, 0.1) is 0 Å². The molecule has 5 nitrogen and oxygen atoms in total. The standard InChI is InChI=1S/C10H20N2O3/c1-2-8(13)7-15-10(14)9(12)5-3-4-6-11/h9H,2-7,11-12H2,1H3/t9-/m0/s1. The quantitative estimate of drug-likeness (QED) is 0.438. The Balaban J connectivity index is 3.64. The van der Waals surface area contributed by atoms with Gasteiger partial charge in [-0.25, -0.2) is 0 Å². The summed E-state index contributed by atoms with van der Waals surface area (Å²) in [6.45, 7) is 2.15. The van der Waals surface area contributed by atoms with Crippen LogP contribution in [0.1, 0.15) is 32.6 Å². The van der Waals surface area contributed by atoms with Crippen molar-refractivity contribution in [1.29, 1.82) is 0 Å². The minimum Gasteiger partial charge on any atom is -0.457 e. The van der Waals surface area contributed by atoms with E-state index in [-0.39, 0.29) is 12.4 Å². The third kappa shape index (κ3) is 7.04. The molecule has 0 aliphatic heterocycles. The maximum atomic E-state index is 11.2. The summed E-state index contributed by atoms with van der Waals surface area (Å²) in [5.74, 6) is -0.605. The van der Waals surface area contributed by atoms with Crippen LogP contribution in [0, 0.1) is 0 Å². The molecule has 0 aromatic rings. The number of nitrogens with two attached hydrogens (primary N) is 2. The van der Waals surface area contributed by atoms with Crippen LogP contribution < -0.4 is 11.5 Å². The molecule has 0 bridgehead atoms. The van der Waals surface area contributed by atoms with Gasteiger partial charge < -0.3 is 16.2 Å². The number of rotatable bonds is 8. The van der Waals surface area contributed by atoms with Gasteiger partial charge in [-0.15, -0.1) is 0 Å². The van der Waals surface area contributed by atoms with Crippen molar-refractivity contribution in [1.82, 2.24) is 0 Å². The molecular weight excluding hydrogens is 196 g/mol. The van der Waals surface area contributed by atoms with Gasteiger partial charge in [0.15, 0.2) is 5.78 Å². The van der Waals surface area contributed by atoms with Gasteiger partial charge in [-0.2, -0.15) is 0 Å². The Bertz CT molecular complexity index is 207. The van der Waals surface area contributed by atoms with Crippen LogP contribution in [0.2, 0.25) is 0 Å². The van der Waals surface area contributed by atoms with Crippen LogP contribution in [-0.2, 0) is 14.3 Å². The van der Waals surface area contributed by atoms with Crippen LogP contribution in [0.25, 0.3) is 0 Å². The lowest BCUT2D eigenvalue weighted by atomic mass is 10.1. The average Bonchev–Trinajstić information content (AvgIpc) is 2.25. The van der Waals surface area contributed by atoms with Crippen molar-refractivity contribution < 1.29 is 14.3 Å². The van der Waals surface area contributed by atoms with Crippen LogP contribution in [0.3, 0.4) is 0 Å². The molecule has 88 valence electrons. The molecule has 0 aliphatic carbocycles. The lowest BCUT2D eigenvalue weighted by Crippen LogP contribution is -2.33. The van der Waals surface area contributed by atoms with Gasteiger partial charge in [-0.3, -0.25) is 9.59 Å². The number of carbonyl (C=O) groups excluding carboxylic acids is 2. The van der Waals surface area contributed by atoms with Crippen LogP contribution >= 0.6 is 0 Å². The van der Waals surface area contributed by atoms with E-state index in [0.717, 1.165) is 12.8 Å². The second kappa shape index (κ2) is 8.38. The first-order valence-electron chi connectivity index (χ1n) is 5.25. The molecule has 5 heteroatoms. The van der Waals surface area contributed by atoms with E-state index in [4.69, 9.17) is 16.2 Å². The Morgan fingerprint density at radius 2 is 2.00 bits per heavy atom. The van der Waals surface area contributed by atoms with Crippen LogP contribution in [0.4, 0.5) is 0 Å². The van der Waals surface area contributed by atoms with Gasteiger partial charge in [0.1, 0.15) is 12.6 Å². The first-order valence-corrected chi connectivity index (χ1v) is 5.25. The first-order chi connectivity index (χ1) is 7.11. The third-order valence-corrected chi connectivity index (χ3v) is 2.04. The molecule has 0 rings (SSSR count). The van der Waals surface area contributed by atoms with E-state index in [1.165, 1.54) is 0 Å². The van der Waals surface area contributed by atoms with Crippen LogP contribution in [0.5, 0.6) is 0 Å². The molecule has 0 heterocycles. The molecule has 0 saturated carbocycles. The zero-order valence-corrected chi connectivity index (χ0v) is 9.20. The summed E-state index contributed by atoms with van der Waals surface area (Å²) in [6, 6.07) is -0.638. The molecule has 0 amide bonds. The molecule has 0 spiro atoms. The van der Waals surface area contributed by atoms with Crippen molar-refractivity contribution in [2.75, 3.05) is 13.2 Å². The summed E-state index contributed by atoms with van der Waals surface area (Å²) in [5, 5.41) is 0. The van der Waals surface area contributed by atoms with E-state index in [9.17, 15) is 9.59 Å². The number of carbonyl (C=O) groups is 2. The SMILES string of the molecule is CCC(=O)COC(=O)[C@@H](N)CCCCN. The first kappa shape index (κ1) is 14.1. The highest BCUT2D eigenvalue weighted by atomic mass is 16.5. The Labute approximate surface area is 90.1 Å². The molecular formula is C10H20N2O3. The second-order valence-corrected chi connectivity index (χ2v) is 3.39. The van der Waals surface area contributed by atoms with E-state index >= 15 is 0 Å². The fourth-order valence-electron chi connectivity index (χ4n) is 0.987. The molecule has 0 radical (unpaired) electrons. The van der Waals surface area contributed by atoms with Gasteiger partial charge >= 0.3 is 5.97 Å². The highest BCUT2D eigenvalue weighted by Crippen LogP contribution is 2.00. The summed E-state index contributed by atoms with van der Waals surface area (Å²) in [7, 11) is 0. The normalized spacial score (nSPS) is 12.2. The molecule has 0 unspecified atom stereocenters. The molecule has 0 fully saturated rings. The lowest BCUT2D eigenvalue weighted by Gasteiger charge is -2.10. The number of unbranched alkanes of at least 4 members (excludes halogenated alkanes) is 1. The molecule has 0 saturated heterocycles. The minimum absolute atomic E-state index is 0.0995. The van der Waals surface area contributed by atoms with E-state index in [2.05, 4.69) is 0 Å². The maximum absolute atomic E-state index is 11.2. The second-order valence-electron chi connectivity index (χ2n) is 3.39. The summed E-state index contributed by atoms with van der Waals surface area (Å²) in [4.78, 5) is 22.1. The third-order valence-electron chi connectivity index (χ3n) is 2.04. The Morgan fingerprint density at radius 1 is 1.33 bits per heavy atom. The Kier molecular flexibility index (Phi) is 7.85. The van der Waals surface area contributed by atoms with Crippen molar-refractivity contribution in [3.05, 3.63) is 0 Å². The largest absolute Gasteiger partial charge is 0.457 e. The van der Waals surface area contributed by atoms with Gasteiger partial charge in [-0.1, -0.05) is 13.3 Å². The number of ether oxygens (including phenoxy) is 1. The highest BCUT2D eigenvalue weighted by molar-refractivity contribution is 5.83. The number of Topliss-reactive ketones (excluding diaryl/α,β-unsaturated/α-hetero) is 1. The van der Waals surface area contributed by atoms with Gasteiger partial charge in [0.25, 0.3) is 0 Å². The number of ketones is 1. The summed E-state index contributed by atoms with van der Waals surface area (Å²) in [5.41, 5.74) is 10.9. The smallest absolute Gasteiger partial charge is 0.323 e. The van der Waals surface area contributed by atoms with Crippen molar-refractivity contribution in [3.63, 3.8) is 0 Å². The van der Waals surface area contributed by atoms with Crippen molar-refractivity contribution >= 4 is 11.8 Å². The van der Waals surface area contributed by atoms with E-state index in [1.54, 1.807) is 6.92 Å². The topological polar surface area (TPSA) is 95.4 Å². The number of esters is 1. The summed E-state index contributed by atoms with van der Waals surface area (Å²) < 4.78 is 4.74. The number of hydrogen-bond acceptors (Lipinski definition) is 5. The fourth-order valence-corrected chi connectivity index (χ4v) is 0.987. The van der Waals surface area contributed by atoms with Gasteiger partial charge in [0, 0.05) is 6.42 Å². The zero-order chi connectivity index (χ0) is 11.7. The Morgan fingerprint density at radius 3 is 2.53 bits per heavy atom. The summed E-state index contributed by atoms with van der Waals surface area (Å²) >= 11 is 0. The van der Waals surface area contributed by atoms with Gasteiger partial charge in [-0.05, 0) is 19.4 Å². The molecule has 0 aromatic carbocycles. The molecule has 1 atom stereocenters. The molecule has 15 heavy (non-hydrogen) atoms. The monoisotopic (exact) mass is 216 g/mol. The number of hydrogen-bond donors (Lipinski definition) is 2. The Hall–Kier alpha value is -0.940. The zero-order valence-electron chi connectivity index (χ0n) is 9.20. The van der Waals surface area contributed by atoms with E-state index in [0.29, 0.717) is 19.4 Å². The molecule has 4 N–H and O–H groups in total. The van der Waals surface area contributed by atoms with Crippen molar-refractivity contribution in [2.45, 2.75) is 38.6 Å². The van der Waals surface area contributed by atoms with Crippen LogP contribution in [-0.4, -0.2) is 30.9 Å². The lowest BCUT2D eigenvalue weighted by molar-refractivity contribution is -0.149. The predicted octanol–water partition coefficient (Wildman–Crippen LogP) is -0.0350. The van der Waals surface area contributed by atoms with Crippen LogP contribution in [0.15, 0.2) is 0 Å². The van der Waals surface area contributed by atoms with E-state index < -0.39 is 12.0 Å². The molecule has 0 aromatic heterocycles. The average molecular weight is 216 g/mol. The maximum Gasteiger partial charge on any atom is 0.323 e. The van der Waals surface area contributed by atoms with Crippen molar-refractivity contribution in [3.8, 4) is 0 Å².